The number of benzene rings is 2. The molecule has 0 bridgehead atoms. The van der Waals surface area contributed by atoms with Gasteiger partial charge in [-0.15, -0.1) is 0 Å². The molecule has 0 aliphatic heterocycles. The zero-order valence-electron chi connectivity index (χ0n) is 17.2. The van der Waals surface area contributed by atoms with Crippen molar-refractivity contribution in [3.05, 3.63) is 66.4 Å². The molecule has 1 N–H and O–H groups in total. The standard InChI is InChI=1S/C25H28N2O3/c28-24(26-16-9-17-29-20-12-5-2-6-13-20)21-14-7-8-15-22(21)25-27-18-23(30-25)19-10-3-1-4-11-19/h1,3-4,7-8,10-11,14-15,18,20H,2,5-6,9,12-13,16-17H2,(H,26,28). The Morgan fingerprint density at radius 3 is 2.63 bits per heavy atom. The highest BCUT2D eigenvalue weighted by Crippen LogP contribution is 2.28. The lowest BCUT2D eigenvalue weighted by molar-refractivity contribution is 0.0273. The summed E-state index contributed by atoms with van der Waals surface area (Å²) in [6.45, 7) is 1.27. The van der Waals surface area contributed by atoms with E-state index < -0.39 is 0 Å². The summed E-state index contributed by atoms with van der Waals surface area (Å²) in [6.07, 6.45) is 9.10. The Kier molecular flexibility index (Phi) is 6.93. The summed E-state index contributed by atoms with van der Waals surface area (Å²) in [7, 11) is 0. The van der Waals surface area contributed by atoms with E-state index in [1.165, 1.54) is 32.1 Å². The summed E-state index contributed by atoms with van der Waals surface area (Å²) >= 11 is 0. The number of hydrogen-bond acceptors (Lipinski definition) is 4. The summed E-state index contributed by atoms with van der Waals surface area (Å²) in [5, 5.41) is 3.00. The number of hydrogen-bond donors (Lipinski definition) is 1. The molecule has 3 aromatic rings. The Morgan fingerprint density at radius 2 is 1.80 bits per heavy atom. The van der Waals surface area contributed by atoms with Gasteiger partial charge in [0.2, 0.25) is 5.89 Å². The molecule has 1 aliphatic carbocycles. The van der Waals surface area contributed by atoms with E-state index in [1.807, 2.05) is 48.5 Å². The number of rotatable bonds is 8. The molecule has 1 saturated carbocycles. The highest BCUT2D eigenvalue weighted by atomic mass is 16.5. The fourth-order valence-corrected chi connectivity index (χ4v) is 3.85. The van der Waals surface area contributed by atoms with Crippen LogP contribution in [-0.2, 0) is 4.74 Å². The average Bonchev–Trinajstić information content (AvgIpc) is 3.30. The Hall–Kier alpha value is -2.92. The van der Waals surface area contributed by atoms with Crippen molar-refractivity contribution in [2.75, 3.05) is 13.2 Å². The number of aromatic nitrogens is 1. The summed E-state index contributed by atoms with van der Waals surface area (Å²) in [4.78, 5) is 17.2. The first-order valence-electron chi connectivity index (χ1n) is 10.8. The van der Waals surface area contributed by atoms with Crippen LogP contribution < -0.4 is 5.32 Å². The lowest BCUT2D eigenvalue weighted by Gasteiger charge is -2.21. The second-order valence-electron chi connectivity index (χ2n) is 7.68. The van der Waals surface area contributed by atoms with Crippen LogP contribution in [0.15, 0.2) is 65.2 Å². The number of nitrogens with zero attached hydrogens (tertiary/aromatic N) is 1. The van der Waals surface area contributed by atoms with E-state index in [0.717, 1.165) is 12.0 Å². The quantitative estimate of drug-likeness (QED) is 0.505. The van der Waals surface area contributed by atoms with Gasteiger partial charge in [-0.2, -0.15) is 0 Å². The molecule has 1 aliphatic rings. The highest BCUT2D eigenvalue weighted by Gasteiger charge is 2.17. The molecule has 1 fully saturated rings. The SMILES string of the molecule is O=C(NCCCOC1CCCCC1)c1ccccc1-c1ncc(-c2ccccc2)o1. The van der Waals surface area contributed by atoms with Gasteiger partial charge in [0.15, 0.2) is 5.76 Å². The summed E-state index contributed by atoms with van der Waals surface area (Å²) in [5.74, 6) is 1.00. The maximum atomic E-state index is 12.8. The van der Waals surface area contributed by atoms with E-state index in [2.05, 4.69) is 10.3 Å². The van der Waals surface area contributed by atoms with Crippen molar-refractivity contribution in [3.8, 4) is 22.8 Å². The number of carbonyl (C=O) groups excluding carboxylic acids is 1. The number of nitrogens with one attached hydrogen (secondary N) is 1. The lowest BCUT2D eigenvalue weighted by atomic mass is 9.98. The van der Waals surface area contributed by atoms with Crippen LogP contribution in [0.5, 0.6) is 0 Å². The summed E-state index contributed by atoms with van der Waals surface area (Å²) in [5.41, 5.74) is 2.21. The second-order valence-corrected chi connectivity index (χ2v) is 7.68. The molecule has 0 spiro atoms. The fourth-order valence-electron chi connectivity index (χ4n) is 3.85. The van der Waals surface area contributed by atoms with Gasteiger partial charge >= 0.3 is 0 Å². The molecular formula is C25H28N2O3. The van der Waals surface area contributed by atoms with Crippen molar-refractivity contribution in [1.82, 2.24) is 10.3 Å². The van der Waals surface area contributed by atoms with Crippen LogP contribution in [0.25, 0.3) is 22.8 Å². The van der Waals surface area contributed by atoms with Gasteiger partial charge in [0.1, 0.15) is 0 Å². The third-order valence-electron chi connectivity index (χ3n) is 5.48. The molecule has 0 atom stereocenters. The van der Waals surface area contributed by atoms with Crippen molar-refractivity contribution >= 4 is 5.91 Å². The van der Waals surface area contributed by atoms with Gasteiger partial charge < -0.3 is 14.5 Å². The van der Waals surface area contributed by atoms with Crippen molar-refractivity contribution in [2.24, 2.45) is 0 Å². The molecule has 1 amide bonds. The van der Waals surface area contributed by atoms with Crippen LogP contribution in [0, 0.1) is 0 Å². The minimum Gasteiger partial charge on any atom is -0.436 e. The number of ether oxygens (including phenoxy) is 1. The summed E-state index contributed by atoms with van der Waals surface area (Å²) < 4.78 is 11.9. The third-order valence-corrected chi connectivity index (χ3v) is 5.48. The zero-order chi connectivity index (χ0) is 20.6. The van der Waals surface area contributed by atoms with Crippen LogP contribution >= 0.6 is 0 Å². The highest BCUT2D eigenvalue weighted by molar-refractivity contribution is 6.00. The minimum atomic E-state index is -0.122. The Labute approximate surface area is 177 Å². The van der Waals surface area contributed by atoms with E-state index in [0.29, 0.717) is 42.0 Å². The lowest BCUT2D eigenvalue weighted by Crippen LogP contribution is -2.26. The molecular weight excluding hydrogens is 376 g/mol. The van der Waals surface area contributed by atoms with Gasteiger partial charge in [0.05, 0.1) is 17.9 Å². The molecule has 30 heavy (non-hydrogen) atoms. The zero-order valence-corrected chi connectivity index (χ0v) is 17.2. The van der Waals surface area contributed by atoms with Gasteiger partial charge in [-0.1, -0.05) is 61.7 Å². The molecule has 5 heteroatoms. The van der Waals surface area contributed by atoms with Gasteiger partial charge in [-0.05, 0) is 31.4 Å². The van der Waals surface area contributed by atoms with Gasteiger partial charge in [-0.3, -0.25) is 4.79 Å². The van der Waals surface area contributed by atoms with Gasteiger partial charge in [0, 0.05) is 24.3 Å². The topological polar surface area (TPSA) is 64.4 Å². The van der Waals surface area contributed by atoms with Crippen molar-refractivity contribution in [3.63, 3.8) is 0 Å². The van der Waals surface area contributed by atoms with Gasteiger partial charge in [-0.25, -0.2) is 4.98 Å². The van der Waals surface area contributed by atoms with Crippen molar-refractivity contribution in [1.29, 1.82) is 0 Å². The predicted octanol–water partition coefficient (Wildman–Crippen LogP) is 5.48. The first kappa shape index (κ1) is 20.4. The van der Waals surface area contributed by atoms with Gasteiger partial charge in [0.25, 0.3) is 5.91 Å². The molecule has 1 aromatic heterocycles. The number of oxazole rings is 1. The predicted molar refractivity (Wildman–Crippen MR) is 117 cm³/mol. The molecule has 1 heterocycles. The van der Waals surface area contributed by atoms with E-state index in [4.69, 9.17) is 9.15 Å². The average molecular weight is 405 g/mol. The Balaban J connectivity index is 1.35. The van der Waals surface area contributed by atoms with Crippen LogP contribution in [-0.4, -0.2) is 30.1 Å². The second kappa shape index (κ2) is 10.2. The van der Waals surface area contributed by atoms with E-state index >= 15 is 0 Å². The molecule has 0 saturated heterocycles. The molecule has 0 unspecified atom stereocenters. The smallest absolute Gasteiger partial charge is 0.252 e. The minimum absolute atomic E-state index is 0.122. The molecule has 156 valence electrons. The largest absolute Gasteiger partial charge is 0.436 e. The van der Waals surface area contributed by atoms with E-state index in [-0.39, 0.29) is 5.91 Å². The van der Waals surface area contributed by atoms with Crippen LogP contribution in [0.3, 0.4) is 0 Å². The number of carbonyl (C=O) groups is 1. The van der Waals surface area contributed by atoms with Crippen molar-refractivity contribution in [2.45, 2.75) is 44.6 Å². The third kappa shape index (κ3) is 5.16. The van der Waals surface area contributed by atoms with Crippen LogP contribution in [0.1, 0.15) is 48.9 Å². The van der Waals surface area contributed by atoms with Crippen molar-refractivity contribution < 1.29 is 13.9 Å². The van der Waals surface area contributed by atoms with E-state index in [9.17, 15) is 4.79 Å². The molecule has 5 nitrogen and oxygen atoms in total. The summed E-state index contributed by atoms with van der Waals surface area (Å²) in [6, 6.07) is 17.2. The molecule has 4 rings (SSSR count). The van der Waals surface area contributed by atoms with Crippen LogP contribution in [0.2, 0.25) is 0 Å². The molecule has 0 radical (unpaired) electrons. The Morgan fingerprint density at radius 1 is 1.03 bits per heavy atom. The maximum absolute atomic E-state index is 12.8. The maximum Gasteiger partial charge on any atom is 0.252 e. The first-order chi connectivity index (χ1) is 14.8. The first-order valence-corrected chi connectivity index (χ1v) is 10.8. The van der Waals surface area contributed by atoms with Crippen LogP contribution in [0.4, 0.5) is 0 Å². The Bertz CT molecular complexity index is 946. The monoisotopic (exact) mass is 404 g/mol. The molecule has 2 aromatic carbocycles. The number of amides is 1. The fraction of sp³-hybridized carbons (Fsp3) is 0.360. The normalized spacial score (nSPS) is 14.5. The van der Waals surface area contributed by atoms with E-state index in [1.54, 1.807) is 12.3 Å².